The van der Waals surface area contributed by atoms with Crippen molar-refractivity contribution in [3.05, 3.63) is 65.2 Å². The number of benzene rings is 2. The number of nitrogens with one attached hydrogen (secondary N) is 1. The molecule has 140 valence electrons. The Morgan fingerprint density at radius 1 is 1.07 bits per heavy atom. The van der Waals surface area contributed by atoms with Crippen molar-refractivity contribution in [2.75, 3.05) is 0 Å². The van der Waals surface area contributed by atoms with Crippen molar-refractivity contribution in [3.8, 4) is 5.75 Å². The average Bonchev–Trinajstić information content (AvgIpc) is 2.87. The molecule has 1 aliphatic heterocycles. The molecule has 1 heterocycles. The fourth-order valence-corrected chi connectivity index (χ4v) is 3.86. The van der Waals surface area contributed by atoms with Crippen molar-refractivity contribution in [1.82, 2.24) is 10.2 Å². The fraction of sp³-hybridized carbons (Fsp3) is 0.300. The lowest BCUT2D eigenvalue weighted by molar-refractivity contribution is -0.132. The van der Waals surface area contributed by atoms with Gasteiger partial charge in [-0.1, -0.05) is 42.5 Å². The van der Waals surface area contributed by atoms with Gasteiger partial charge in [0, 0.05) is 12.0 Å². The molecule has 1 N–H and O–H groups in total. The third-order valence-corrected chi connectivity index (χ3v) is 5.19. The van der Waals surface area contributed by atoms with Gasteiger partial charge in [0.25, 0.3) is 5.91 Å². The number of amides is 3. The van der Waals surface area contributed by atoms with Crippen LogP contribution in [0.1, 0.15) is 23.1 Å². The molecule has 3 amide bonds. The summed E-state index contributed by atoms with van der Waals surface area (Å²) in [5.74, 6) is -0.364. The summed E-state index contributed by atoms with van der Waals surface area (Å²) in [4.78, 5) is 26.7. The van der Waals surface area contributed by atoms with Crippen LogP contribution in [-0.2, 0) is 24.2 Å². The maximum atomic E-state index is 13.1. The summed E-state index contributed by atoms with van der Waals surface area (Å²) >= 11 is 0. The summed E-state index contributed by atoms with van der Waals surface area (Å²) in [6.45, 7) is -3.09. The Bertz CT molecular complexity index is 902. The molecule has 0 saturated carbocycles. The van der Waals surface area contributed by atoms with Gasteiger partial charge in [-0.2, -0.15) is 8.78 Å². The lowest BCUT2D eigenvalue weighted by atomic mass is 9.78. The van der Waals surface area contributed by atoms with Crippen LogP contribution >= 0.6 is 0 Å². The normalized spacial score (nSPS) is 21.5. The molecular formula is C20H18F2N2O3. The number of halogens is 2. The van der Waals surface area contributed by atoms with Crippen molar-refractivity contribution in [2.24, 2.45) is 0 Å². The maximum absolute atomic E-state index is 13.1. The van der Waals surface area contributed by atoms with Crippen LogP contribution in [0, 0.1) is 0 Å². The molecule has 2 aromatic carbocycles. The first-order chi connectivity index (χ1) is 13.0. The molecule has 1 fully saturated rings. The summed E-state index contributed by atoms with van der Waals surface area (Å²) in [5, 5.41) is 2.84. The Labute approximate surface area is 154 Å². The number of fused-ring (bicyclic) bond motifs is 1. The van der Waals surface area contributed by atoms with Crippen LogP contribution in [0.25, 0.3) is 0 Å². The third kappa shape index (κ3) is 3.13. The minimum absolute atomic E-state index is 0.0389. The summed E-state index contributed by atoms with van der Waals surface area (Å²) in [5.41, 5.74) is 1.61. The maximum Gasteiger partial charge on any atom is 0.387 e. The molecule has 0 radical (unpaired) electrons. The first kappa shape index (κ1) is 17.5. The fourth-order valence-electron chi connectivity index (χ4n) is 3.86. The van der Waals surface area contributed by atoms with Crippen LogP contribution in [0.4, 0.5) is 13.6 Å². The first-order valence-electron chi connectivity index (χ1n) is 8.72. The van der Waals surface area contributed by atoms with Gasteiger partial charge in [0.05, 0.1) is 6.54 Å². The van der Waals surface area contributed by atoms with E-state index in [0.29, 0.717) is 24.8 Å². The van der Waals surface area contributed by atoms with Crippen molar-refractivity contribution in [2.45, 2.75) is 38.0 Å². The Balaban J connectivity index is 1.58. The number of para-hydroxylation sites is 1. The highest BCUT2D eigenvalue weighted by molar-refractivity contribution is 6.07. The summed E-state index contributed by atoms with van der Waals surface area (Å²) in [6, 6.07) is 13.5. The Morgan fingerprint density at radius 3 is 2.56 bits per heavy atom. The number of aryl methyl sites for hydroxylation is 1. The topological polar surface area (TPSA) is 58.6 Å². The lowest BCUT2D eigenvalue weighted by Crippen LogP contribution is -2.51. The standard InChI is InChI=1S/C20H18F2N2O3/c21-18(22)27-16-8-4-3-7-15(16)12-24-17(25)20(23-19(24)26)10-9-13-5-1-2-6-14(13)11-20/h1-8,18H,9-12H2,(H,23,26). The zero-order valence-corrected chi connectivity index (χ0v) is 14.5. The molecule has 27 heavy (non-hydrogen) atoms. The van der Waals surface area contributed by atoms with E-state index < -0.39 is 18.2 Å². The number of carbonyl (C=O) groups is 2. The Kier molecular flexibility index (Phi) is 4.30. The van der Waals surface area contributed by atoms with E-state index in [1.807, 2.05) is 24.3 Å². The Hall–Kier alpha value is -2.96. The van der Waals surface area contributed by atoms with Gasteiger partial charge in [-0.15, -0.1) is 0 Å². The molecular weight excluding hydrogens is 354 g/mol. The molecule has 2 aliphatic rings. The number of hydrogen-bond donors (Lipinski definition) is 1. The summed E-state index contributed by atoms with van der Waals surface area (Å²) in [7, 11) is 0. The van der Waals surface area contributed by atoms with Gasteiger partial charge in [0.1, 0.15) is 11.3 Å². The van der Waals surface area contributed by atoms with Gasteiger partial charge in [0.15, 0.2) is 0 Å². The van der Waals surface area contributed by atoms with Crippen molar-refractivity contribution in [1.29, 1.82) is 0 Å². The van der Waals surface area contributed by atoms with E-state index in [4.69, 9.17) is 0 Å². The quantitative estimate of drug-likeness (QED) is 0.838. The number of nitrogens with zero attached hydrogens (tertiary/aromatic N) is 1. The van der Waals surface area contributed by atoms with Crippen molar-refractivity contribution in [3.63, 3.8) is 0 Å². The second-order valence-electron chi connectivity index (χ2n) is 6.84. The van der Waals surface area contributed by atoms with E-state index in [9.17, 15) is 18.4 Å². The number of carbonyl (C=O) groups excluding carboxylic acids is 2. The highest BCUT2D eigenvalue weighted by atomic mass is 19.3. The summed E-state index contributed by atoms with van der Waals surface area (Å²) < 4.78 is 29.7. The van der Waals surface area contributed by atoms with E-state index in [-0.39, 0.29) is 18.2 Å². The minimum atomic E-state index is -2.98. The number of ether oxygens (including phenoxy) is 1. The molecule has 0 bridgehead atoms. The van der Waals surface area contributed by atoms with E-state index in [2.05, 4.69) is 10.1 Å². The second kappa shape index (κ2) is 6.64. The van der Waals surface area contributed by atoms with Crippen LogP contribution in [0.3, 0.4) is 0 Å². The highest BCUT2D eigenvalue weighted by Gasteiger charge is 2.52. The molecule has 1 unspecified atom stereocenters. The predicted molar refractivity (Wildman–Crippen MR) is 93.4 cm³/mol. The second-order valence-corrected chi connectivity index (χ2v) is 6.84. The molecule has 5 nitrogen and oxygen atoms in total. The van der Waals surface area contributed by atoms with E-state index in [1.54, 1.807) is 18.2 Å². The Morgan fingerprint density at radius 2 is 1.78 bits per heavy atom. The van der Waals surface area contributed by atoms with E-state index in [1.165, 1.54) is 11.6 Å². The van der Waals surface area contributed by atoms with Crippen molar-refractivity contribution >= 4 is 11.9 Å². The number of rotatable bonds is 4. The third-order valence-electron chi connectivity index (χ3n) is 5.19. The monoisotopic (exact) mass is 372 g/mol. The van der Waals surface area contributed by atoms with Gasteiger partial charge in [-0.05, 0) is 30.0 Å². The smallest absolute Gasteiger partial charge is 0.387 e. The van der Waals surface area contributed by atoms with Crippen LogP contribution in [0.5, 0.6) is 5.75 Å². The number of imide groups is 1. The molecule has 1 aliphatic carbocycles. The minimum Gasteiger partial charge on any atom is -0.434 e. The SMILES string of the molecule is O=C1NC2(CCc3ccccc3C2)C(=O)N1Cc1ccccc1OC(F)F. The van der Waals surface area contributed by atoms with Crippen LogP contribution in [0.2, 0.25) is 0 Å². The van der Waals surface area contributed by atoms with Crippen LogP contribution in [0.15, 0.2) is 48.5 Å². The molecule has 2 aromatic rings. The average molecular weight is 372 g/mol. The predicted octanol–water partition coefficient (Wildman–Crippen LogP) is 3.27. The molecule has 0 aromatic heterocycles. The first-order valence-corrected chi connectivity index (χ1v) is 8.72. The van der Waals surface area contributed by atoms with Crippen LogP contribution in [-0.4, -0.2) is 29.0 Å². The zero-order chi connectivity index (χ0) is 19.0. The summed E-state index contributed by atoms with van der Waals surface area (Å²) in [6.07, 6.45) is 1.64. The van der Waals surface area contributed by atoms with E-state index in [0.717, 1.165) is 10.5 Å². The molecule has 4 rings (SSSR count). The van der Waals surface area contributed by atoms with Gasteiger partial charge < -0.3 is 10.1 Å². The van der Waals surface area contributed by atoms with Gasteiger partial charge in [-0.3, -0.25) is 9.69 Å². The van der Waals surface area contributed by atoms with E-state index >= 15 is 0 Å². The van der Waals surface area contributed by atoms with Gasteiger partial charge in [0.2, 0.25) is 0 Å². The molecule has 1 spiro atoms. The zero-order valence-electron chi connectivity index (χ0n) is 14.5. The lowest BCUT2D eigenvalue weighted by Gasteiger charge is -2.32. The molecule has 1 atom stereocenters. The van der Waals surface area contributed by atoms with Crippen LogP contribution < -0.4 is 10.1 Å². The molecule has 7 heteroatoms. The number of alkyl halides is 2. The molecule has 1 saturated heterocycles. The van der Waals surface area contributed by atoms with Crippen molar-refractivity contribution < 1.29 is 23.1 Å². The highest BCUT2D eigenvalue weighted by Crippen LogP contribution is 2.35. The number of hydrogen-bond acceptors (Lipinski definition) is 3. The van der Waals surface area contributed by atoms with Gasteiger partial charge >= 0.3 is 12.6 Å². The largest absolute Gasteiger partial charge is 0.434 e. The van der Waals surface area contributed by atoms with Gasteiger partial charge in [-0.25, -0.2) is 4.79 Å². The number of urea groups is 1.